The van der Waals surface area contributed by atoms with Crippen LogP contribution in [-0.2, 0) is 4.79 Å². The van der Waals surface area contributed by atoms with Crippen LogP contribution in [0.25, 0.3) is 10.9 Å². The van der Waals surface area contributed by atoms with Crippen LogP contribution in [0.15, 0.2) is 30.3 Å². The normalized spacial score (nSPS) is 10.1. The number of aldehydes is 1. The maximum absolute atomic E-state index is 10.2. The maximum atomic E-state index is 10.2. The van der Waals surface area contributed by atoms with Gasteiger partial charge in [-0.25, -0.2) is 4.98 Å². The van der Waals surface area contributed by atoms with Gasteiger partial charge in [-0.3, -0.25) is 4.79 Å². The zero-order valence-corrected chi connectivity index (χ0v) is 8.84. The Balaban J connectivity index is 2.46. The van der Waals surface area contributed by atoms with Crippen LogP contribution in [0.5, 0.6) is 11.6 Å². The second-order valence-corrected chi connectivity index (χ2v) is 3.16. The van der Waals surface area contributed by atoms with Crippen LogP contribution >= 0.6 is 0 Å². The van der Waals surface area contributed by atoms with E-state index in [1.54, 1.807) is 13.2 Å². The molecule has 0 saturated carbocycles. The van der Waals surface area contributed by atoms with Crippen LogP contribution in [-0.4, -0.2) is 25.0 Å². The predicted molar refractivity (Wildman–Crippen MR) is 59.9 cm³/mol. The first kappa shape index (κ1) is 10.4. The summed E-state index contributed by atoms with van der Waals surface area (Å²) in [5.74, 6) is 1.11. The van der Waals surface area contributed by atoms with Crippen molar-refractivity contribution in [2.24, 2.45) is 0 Å². The molecule has 0 unspecified atom stereocenters. The van der Waals surface area contributed by atoms with Gasteiger partial charge < -0.3 is 9.47 Å². The molecule has 4 nitrogen and oxygen atoms in total. The SMILES string of the molecule is COc1cccc2ccc(OCC=O)nc12. The van der Waals surface area contributed by atoms with Crippen LogP contribution in [0.3, 0.4) is 0 Å². The van der Waals surface area contributed by atoms with Crippen molar-refractivity contribution in [2.45, 2.75) is 0 Å². The van der Waals surface area contributed by atoms with Gasteiger partial charge in [0.25, 0.3) is 0 Å². The standard InChI is InChI=1S/C12H11NO3/c1-15-10-4-2-3-9-5-6-11(13-12(9)10)16-8-7-14/h2-7H,8H2,1H3. The number of rotatable bonds is 4. The van der Waals surface area contributed by atoms with Crippen molar-refractivity contribution in [1.82, 2.24) is 4.98 Å². The number of hydrogen-bond donors (Lipinski definition) is 0. The van der Waals surface area contributed by atoms with E-state index in [0.717, 1.165) is 10.9 Å². The Labute approximate surface area is 92.8 Å². The zero-order valence-electron chi connectivity index (χ0n) is 8.84. The number of para-hydroxylation sites is 1. The molecular formula is C12H11NO3. The molecule has 0 radical (unpaired) electrons. The van der Waals surface area contributed by atoms with Gasteiger partial charge in [-0.05, 0) is 12.1 Å². The predicted octanol–water partition coefficient (Wildman–Crippen LogP) is 1.82. The first-order chi connectivity index (χ1) is 7.85. The fraction of sp³-hybridized carbons (Fsp3) is 0.167. The summed E-state index contributed by atoms with van der Waals surface area (Å²) in [6.45, 7) is 0.00759. The van der Waals surface area contributed by atoms with Crippen LogP contribution in [0, 0.1) is 0 Å². The number of aromatic nitrogens is 1. The van der Waals surface area contributed by atoms with Gasteiger partial charge >= 0.3 is 0 Å². The van der Waals surface area contributed by atoms with E-state index in [-0.39, 0.29) is 6.61 Å². The molecular weight excluding hydrogens is 206 g/mol. The summed E-state index contributed by atoms with van der Waals surface area (Å²) in [5, 5.41) is 0.970. The first-order valence-electron chi connectivity index (χ1n) is 4.85. The van der Waals surface area contributed by atoms with Crippen LogP contribution < -0.4 is 9.47 Å². The molecule has 0 aliphatic carbocycles. The Kier molecular flexibility index (Phi) is 3.00. The van der Waals surface area contributed by atoms with E-state index in [4.69, 9.17) is 9.47 Å². The summed E-state index contributed by atoms with van der Waals surface area (Å²) in [4.78, 5) is 14.5. The van der Waals surface area contributed by atoms with Crippen molar-refractivity contribution in [3.63, 3.8) is 0 Å². The summed E-state index contributed by atoms with van der Waals surface area (Å²) >= 11 is 0. The topological polar surface area (TPSA) is 48.4 Å². The molecule has 0 amide bonds. The van der Waals surface area contributed by atoms with E-state index in [0.29, 0.717) is 17.9 Å². The highest BCUT2D eigenvalue weighted by Crippen LogP contribution is 2.25. The van der Waals surface area contributed by atoms with E-state index < -0.39 is 0 Å². The third-order valence-corrected chi connectivity index (χ3v) is 2.18. The quantitative estimate of drug-likeness (QED) is 0.733. The molecule has 0 N–H and O–H groups in total. The minimum Gasteiger partial charge on any atom is -0.494 e. The van der Waals surface area contributed by atoms with Crippen molar-refractivity contribution < 1.29 is 14.3 Å². The zero-order chi connectivity index (χ0) is 11.4. The second kappa shape index (κ2) is 4.61. The molecule has 16 heavy (non-hydrogen) atoms. The fourth-order valence-corrected chi connectivity index (χ4v) is 1.47. The Hall–Kier alpha value is -2.10. The number of pyridine rings is 1. The lowest BCUT2D eigenvalue weighted by atomic mass is 10.2. The summed E-state index contributed by atoms with van der Waals surface area (Å²) in [6.07, 6.45) is 0.689. The minimum absolute atomic E-state index is 0.00759. The van der Waals surface area contributed by atoms with Crippen LogP contribution in [0.2, 0.25) is 0 Å². The van der Waals surface area contributed by atoms with Crippen molar-refractivity contribution in [2.75, 3.05) is 13.7 Å². The molecule has 1 heterocycles. The van der Waals surface area contributed by atoms with Gasteiger partial charge in [0, 0.05) is 11.5 Å². The lowest BCUT2D eigenvalue weighted by molar-refractivity contribution is -0.109. The van der Waals surface area contributed by atoms with E-state index in [1.165, 1.54) is 0 Å². The average molecular weight is 217 g/mol. The molecule has 0 aliphatic rings. The monoisotopic (exact) mass is 217 g/mol. The lowest BCUT2D eigenvalue weighted by Crippen LogP contribution is -1.99. The number of methoxy groups -OCH3 is 1. The number of benzene rings is 1. The van der Waals surface area contributed by atoms with Crippen molar-refractivity contribution in [1.29, 1.82) is 0 Å². The fourth-order valence-electron chi connectivity index (χ4n) is 1.47. The summed E-state index contributed by atoms with van der Waals surface area (Å²) in [6, 6.07) is 9.28. The first-order valence-corrected chi connectivity index (χ1v) is 4.85. The molecule has 2 aromatic rings. The van der Waals surface area contributed by atoms with Gasteiger partial charge in [0.05, 0.1) is 7.11 Å². The molecule has 82 valence electrons. The summed E-state index contributed by atoms with van der Waals surface area (Å²) in [7, 11) is 1.59. The van der Waals surface area contributed by atoms with Gasteiger partial charge in [0.2, 0.25) is 5.88 Å². The summed E-state index contributed by atoms with van der Waals surface area (Å²) < 4.78 is 10.3. The molecule has 0 spiro atoms. The number of ether oxygens (including phenoxy) is 2. The Bertz CT molecular complexity index is 511. The molecule has 0 aliphatic heterocycles. The highest BCUT2D eigenvalue weighted by molar-refractivity contribution is 5.84. The minimum atomic E-state index is 0.00759. The van der Waals surface area contributed by atoms with Gasteiger partial charge in [-0.15, -0.1) is 0 Å². The van der Waals surface area contributed by atoms with Gasteiger partial charge in [-0.2, -0.15) is 0 Å². The lowest BCUT2D eigenvalue weighted by Gasteiger charge is -2.06. The number of fused-ring (bicyclic) bond motifs is 1. The molecule has 1 aromatic carbocycles. The van der Waals surface area contributed by atoms with Crippen molar-refractivity contribution in [3.05, 3.63) is 30.3 Å². The highest BCUT2D eigenvalue weighted by atomic mass is 16.5. The molecule has 0 saturated heterocycles. The third kappa shape index (κ3) is 1.95. The van der Waals surface area contributed by atoms with Crippen LogP contribution in [0.1, 0.15) is 0 Å². The molecule has 0 bridgehead atoms. The maximum Gasteiger partial charge on any atom is 0.214 e. The number of nitrogens with zero attached hydrogens (tertiary/aromatic N) is 1. The van der Waals surface area contributed by atoms with E-state index in [1.807, 2.05) is 24.3 Å². The van der Waals surface area contributed by atoms with Crippen molar-refractivity contribution >= 4 is 17.2 Å². The number of carbonyl (C=O) groups excluding carboxylic acids is 1. The van der Waals surface area contributed by atoms with E-state index in [2.05, 4.69) is 4.98 Å². The summed E-state index contributed by atoms with van der Waals surface area (Å²) in [5.41, 5.74) is 0.730. The van der Waals surface area contributed by atoms with Gasteiger partial charge in [-0.1, -0.05) is 12.1 Å². The average Bonchev–Trinajstić information content (AvgIpc) is 2.35. The molecule has 0 atom stereocenters. The third-order valence-electron chi connectivity index (χ3n) is 2.18. The van der Waals surface area contributed by atoms with E-state index in [9.17, 15) is 4.79 Å². The van der Waals surface area contributed by atoms with Gasteiger partial charge in [0.15, 0.2) is 6.29 Å². The Morgan fingerprint density at radius 3 is 2.94 bits per heavy atom. The Morgan fingerprint density at radius 1 is 1.31 bits per heavy atom. The second-order valence-electron chi connectivity index (χ2n) is 3.16. The molecule has 2 rings (SSSR count). The Morgan fingerprint density at radius 2 is 2.19 bits per heavy atom. The molecule has 1 aromatic heterocycles. The smallest absolute Gasteiger partial charge is 0.214 e. The molecule has 4 heteroatoms. The molecule has 0 fully saturated rings. The highest BCUT2D eigenvalue weighted by Gasteiger charge is 2.04. The van der Waals surface area contributed by atoms with Gasteiger partial charge in [0.1, 0.15) is 17.9 Å². The largest absolute Gasteiger partial charge is 0.494 e. The van der Waals surface area contributed by atoms with E-state index >= 15 is 0 Å². The number of hydrogen-bond acceptors (Lipinski definition) is 4. The number of carbonyl (C=O) groups is 1. The van der Waals surface area contributed by atoms with Crippen molar-refractivity contribution in [3.8, 4) is 11.6 Å². The van der Waals surface area contributed by atoms with Crippen LogP contribution in [0.4, 0.5) is 0 Å².